The number of hydrogen-bond acceptors (Lipinski definition) is 3. The molecule has 0 radical (unpaired) electrons. The van der Waals surface area contributed by atoms with E-state index in [0.717, 1.165) is 17.0 Å². The van der Waals surface area contributed by atoms with Gasteiger partial charge < -0.3 is 5.11 Å². The summed E-state index contributed by atoms with van der Waals surface area (Å²) < 4.78 is 0. The van der Waals surface area contributed by atoms with Gasteiger partial charge in [0.15, 0.2) is 0 Å². The molecule has 3 heteroatoms. The molecule has 2 nitrogen and oxygen atoms in total. The highest BCUT2D eigenvalue weighted by Gasteiger charge is 2.06. The van der Waals surface area contributed by atoms with E-state index in [1.807, 2.05) is 12.1 Å². The van der Waals surface area contributed by atoms with Crippen LogP contribution in [-0.2, 0) is 0 Å². The standard InChI is InChI=1S/C11H17NOS/c1-4-8(2)14-11-7-10(9(3)13)5-6-12-11/h5-9,13H,4H2,1-3H3/t8?,9-/m0/s1. The average molecular weight is 211 g/mol. The molecule has 0 spiro atoms. The monoisotopic (exact) mass is 211 g/mol. The Bertz CT molecular complexity index is 288. The summed E-state index contributed by atoms with van der Waals surface area (Å²) in [6, 6.07) is 3.81. The van der Waals surface area contributed by atoms with Gasteiger partial charge in [0.1, 0.15) is 0 Å². The molecule has 0 aliphatic heterocycles. The van der Waals surface area contributed by atoms with Crippen LogP contribution in [0.3, 0.4) is 0 Å². The molecule has 78 valence electrons. The second kappa shape index (κ2) is 5.37. The highest BCUT2D eigenvalue weighted by molar-refractivity contribution is 7.99. The zero-order valence-corrected chi connectivity index (χ0v) is 9.71. The Labute approximate surface area is 89.8 Å². The van der Waals surface area contributed by atoms with Crippen molar-refractivity contribution in [2.24, 2.45) is 0 Å². The highest BCUT2D eigenvalue weighted by atomic mass is 32.2. The number of aliphatic hydroxyl groups is 1. The third kappa shape index (κ3) is 3.31. The van der Waals surface area contributed by atoms with Crippen LogP contribution < -0.4 is 0 Å². The Kier molecular flexibility index (Phi) is 4.42. The van der Waals surface area contributed by atoms with E-state index in [0.29, 0.717) is 5.25 Å². The largest absolute Gasteiger partial charge is 0.389 e. The first-order chi connectivity index (χ1) is 6.63. The number of aliphatic hydroxyl groups excluding tert-OH is 1. The molecule has 0 aliphatic rings. The normalized spacial score (nSPS) is 15.1. The minimum absolute atomic E-state index is 0.408. The highest BCUT2D eigenvalue weighted by Crippen LogP contribution is 2.25. The van der Waals surface area contributed by atoms with Gasteiger partial charge in [0.25, 0.3) is 0 Å². The van der Waals surface area contributed by atoms with Gasteiger partial charge in [0, 0.05) is 11.4 Å². The quantitative estimate of drug-likeness (QED) is 0.777. The fraction of sp³-hybridized carbons (Fsp3) is 0.545. The Hall–Kier alpha value is -0.540. The average Bonchev–Trinajstić information content (AvgIpc) is 2.18. The SMILES string of the molecule is CCC(C)Sc1cc([C@H](C)O)ccn1. The molecule has 1 unspecified atom stereocenters. The fourth-order valence-corrected chi connectivity index (χ4v) is 1.94. The second-order valence-corrected chi connectivity index (χ2v) is 4.90. The molecular formula is C11H17NOS. The van der Waals surface area contributed by atoms with Crippen LogP contribution in [0.25, 0.3) is 0 Å². The van der Waals surface area contributed by atoms with Crippen LogP contribution in [0.4, 0.5) is 0 Å². The van der Waals surface area contributed by atoms with Crippen LogP contribution in [0.2, 0.25) is 0 Å². The van der Waals surface area contributed by atoms with Crippen LogP contribution in [0.15, 0.2) is 23.4 Å². The molecular weight excluding hydrogens is 194 g/mol. The Morgan fingerprint density at radius 1 is 1.50 bits per heavy atom. The molecule has 1 N–H and O–H groups in total. The van der Waals surface area contributed by atoms with Crippen molar-refractivity contribution < 1.29 is 5.11 Å². The van der Waals surface area contributed by atoms with Gasteiger partial charge in [0.05, 0.1) is 11.1 Å². The zero-order chi connectivity index (χ0) is 10.6. The van der Waals surface area contributed by atoms with Crippen molar-refractivity contribution in [3.05, 3.63) is 23.9 Å². The van der Waals surface area contributed by atoms with Gasteiger partial charge in [-0.15, -0.1) is 11.8 Å². The lowest BCUT2D eigenvalue weighted by Gasteiger charge is -2.09. The molecule has 1 aromatic rings. The maximum atomic E-state index is 9.40. The third-order valence-electron chi connectivity index (χ3n) is 2.14. The second-order valence-electron chi connectivity index (χ2n) is 3.44. The Morgan fingerprint density at radius 2 is 2.21 bits per heavy atom. The maximum absolute atomic E-state index is 9.40. The molecule has 0 aromatic carbocycles. The number of rotatable bonds is 4. The Balaban J connectivity index is 2.73. The van der Waals surface area contributed by atoms with Gasteiger partial charge in [-0.3, -0.25) is 0 Å². The molecule has 0 saturated carbocycles. The predicted molar refractivity (Wildman–Crippen MR) is 60.5 cm³/mol. The van der Waals surface area contributed by atoms with Crippen LogP contribution in [0, 0.1) is 0 Å². The lowest BCUT2D eigenvalue weighted by Crippen LogP contribution is -1.96. The van der Waals surface area contributed by atoms with E-state index in [1.165, 1.54) is 0 Å². The van der Waals surface area contributed by atoms with Gasteiger partial charge >= 0.3 is 0 Å². The molecule has 1 rings (SSSR count). The van der Waals surface area contributed by atoms with Gasteiger partial charge in [-0.05, 0) is 31.0 Å². The molecule has 0 amide bonds. The molecule has 0 saturated heterocycles. The molecule has 0 aliphatic carbocycles. The summed E-state index contributed by atoms with van der Waals surface area (Å²) >= 11 is 1.75. The van der Waals surface area contributed by atoms with Crippen molar-refractivity contribution in [1.82, 2.24) is 4.98 Å². The topological polar surface area (TPSA) is 33.1 Å². The number of thioether (sulfide) groups is 1. The smallest absolute Gasteiger partial charge is 0.0966 e. The van der Waals surface area contributed by atoms with Crippen molar-refractivity contribution in [1.29, 1.82) is 0 Å². The van der Waals surface area contributed by atoms with Crippen molar-refractivity contribution in [3.8, 4) is 0 Å². The van der Waals surface area contributed by atoms with Crippen LogP contribution in [-0.4, -0.2) is 15.3 Å². The number of pyridine rings is 1. The number of aromatic nitrogens is 1. The maximum Gasteiger partial charge on any atom is 0.0966 e. The summed E-state index contributed by atoms with van der Waals surface area (Å²) in [5.74, 6) is 0. The van der Waals surface area contributed by atoms with Gasteiger partial charge in [-0.2, -0.15) is 0 Å². The van der Waals surface area contributed by atoms with E-state index in [1.54, 1.807) is 24.9 Å². The van der Waals surface area contributed by atoms with E-state index in [2.05, 4.69) is 18.8 Å². The number of nitrogens with zero attached hydrogens (tertiary/aromatic N) is 1. The fourth-order valence-electron chi connectivity index (χ4n) is 1.04. The lowest BCUT2D eigenvalue weighted by atomic mass is 10.2. The summed E-state index contributed by atoms with van der Waals surface area (Å²) in [5, 5.41) is 11.0. The summed E-state index contributed by atoms with van der Waals surface area (Å²) in [6.07, 6.45) is 2.48. The van der Waals surface area contributed by atoms with Crippen molar-refractivity contribution in [3.63, 3.8) is 0 Å². The zero-order valence-electron chi connectivity index (χ0n) is 8.90. The van der Waals surface area contributed by atoms with E-state index >= 15 is 0 Å². The minimum Gasteiger partial charge on any atom is -0.389 e. The van der Waals surface area contributed by atoms with E-state index in [-0.39, 0.29) is 0 Å². The first kappa shape index (κ1) is 11.5. The van der Waals surface area contributed by atoms with Crippen molar-refractivity contribution in [2.45, 2.75) is 43.6 Å². The van der Waals surface area contributed by atoms with Crippen molar-refractivity contribution >= 4 is 11.8 Å². The third-order valence-corrected chi connectivity index (χ3v) is 3.34. The molecule has 0 fully saturated rings. The molecule has 1 aromatic heterocycles. The van der Waals surface area contributed by atoms with Gasteiger partial charge in [-0.1, -0.05) is 13.8 Å². The van der Waals surface area contributed by atoms with E-state index < -0.39 is 6.10 Å². The summed E-state index contributed by atoms with van der Waals surface area (Å²) in [5.41, 5.74) is 0.936. The first-order valence-corrected chi connectivity index (χ1v) is 5.82. The molecule has 0 bridgehead atoms. The lowest BCUT2D eigenvalue weighted by molar-refractivity contribution is 0.199. The summed E-state index contributed by atoms with van der Waals surface area (Å²) in [4.78, 5) is 4.26. The van der Waals surface area contributed by atoms with E-state index in [4.69, 9.17) is 0 Å². The number of hydrogen-bond donors (Lipinski definition) is 1. The van der Waals surface area contributed by atoms with E-state index in [9.17, 15) is 5.11 Å². The predicted octanol–water partition coefficient (Wildman–Crippen LogP) is 3.03. The molecule has 1 heterocycles. The minimum atomic E-state index is -0.408. The molecule has 2 atom stereocenters. The first-order valence-electron chi connectivity index (χ1n) is 4.94. The van der Waals surface area contributed by atoms with Crippen molar-refractivity contribution in [2.75, 3.05) is 0 Å². The van der Waals surface area contributed by atoms with Crippen LogP contribution in [0.5, 0.6) is 0 Å². The van der Waals surface area contributed by atoms with Crippen LogP contribution >= 0.6 is 11.8 Å². The van der Waals surface area contributed by atoms with Crippen LogP contribution in [0.1, 0.15) is 38.9 Å². The summed E-state index contributed by atoms with van der Waals surface area (Å²) in [7, 11) is 0. The summed E-state index contributed by atoms with van der Waals surface area (Å²) in [6.45, 7) is 6.12. The van der Waals surface area contributed by atoms with Gasteiger partial charge in [0.2, 0.25) is 0 Å². The van der Waals surface area contributed by atoms with Gasteiger partial charge in [-0.25, -0.2) is 4.98 Å². The molecule has 14 heavy (non-hydrogen) atoms. The Morgan fingerprint density at radius 3 is 2.79 bits per heavy atom.